The van der Waals surface area contributed by atoms with E-state index in [0.717, 1.165) is 17.9 Å². The minimum Gasteiger partial charge on any atom is -0.494 e. The van der Waals surface area contributed by atoms with Crippen LogP contribution in [0, 0.1) is 0 Å². The van der Waals surface area contributed by atoms with Gasteiger partial charge in [-0.1, -0.05) is 13.0 Å². The van der Waals surface area contributed by atoms with Gasteiger partial charge in [-0.15, -0.1) is 0 Å². The second kappa shape index (κ2) is 5.65. The molecule has 0 aliphatic rings. The first-order valence-corrected chi connectivity index (χ1v) is 6.37. The molecule has 102 valence electrons. The molecule has 5 heteroatoms. The topological polar surface area (TPSA) is 62.3 Å². The molecule has 1 aromatic carbocycles. The van der Waals surface area contributed by atoms with E-state index in [1.165, 1.54) is 0 Å². The van der Waals surface area contributed by atoms with Gasteiger partial charge in [0.25, 0.3) is 0 Å². The van der Waals surface area contributed by atoms with Crippen molar-refractivity contribution in [3.8, 4) is 17.4 Å². The molecule has 0 spiro atoms. The van der Waals surface area contributed by atoms with Crippen LogP contribution in [0.3, 0.4) is 0 Å². The van der Waals surface area contributed by atoms with E-state index >= 15 is 0 Å². The summed E-state index contributed by atoms with van der Waals surface area (Å²) in [6, 6.07) is 7.47. The summed E-state index contributed by atoms with van der Waals surface area (Å²) in [5.41, 5.74) is 7.46. The summed E-state index contributed by atoms with van der Waals surface area (Å²) >= 11 is 0. The lowest BCUT2D eigenvalue weighted by atomic mass is 10.3. The van der Waals surface area contributed by atoms with E-state index in [-0.39, 0.29) is 0 Å². The van der Waals surface area contributed by atoms with Crippen molar-refractivity contribution < 1.29 is 9.47 Å². The second-order valence-corrected chi connectivity index (χ2v) is 4.15. The molecule has 1 aromatic heterocycles. The minimum atomic E-state index is 0.561. The third-order valence-corrected chi connectivity index (χ3v) is 2.77. The maximum Gasteiger partial charge on any atom is 0.241 e. The number of hydrogen-bond donors (Lipinski definition) is 1. The lowest BCUT2D eigenvalue weighted by Crippen LogP contribution is -1.97. The van der Waals surface area contributed by atoms with Gasteiger partial charge >= 0.3 is 0 Å². The van der Waals surface area contributed by atoms with E-state index in [1.807, 2.05) is 45.2 Å². The van der Waals surface area contributed by atoms with Crippen molar-refractivity contribution in [2.45, 2.75) is 20.3 Å². The van der Waals surface area contributed by atoms with Crippen molar-refractivity contribution in [1.82, 2.24) is 9.78 Å². The van der Waals surface area contributed by atoms with Crippen LogP contribution < -0.4 is 15.2 Å². The molecule has 1 heterocycles. The third kappa shape index (κ3) is 2.81. The highest BCUT2D eigenvalue weighted by Gasteiger charge is 2.14. The summed E-state index contributed by atoms with van der Waals surface area (Å²) in [6.07, 6.45) is 0.780. The molecule has 0 bridgehead atoms. The van der Waals surface area contributed by atoms with Crippen molar-refractivity contribution in [2.24, 2.45) is 7.05 Å². The molecule has 0 saturated heterocycles. The first kappa shape index (κ1) is 13.3. The van der Waals surface area contributed by atoms with E-state index in [9.17, 15) is 0 Å². The SMILES string of the molecule is CCOc1cccc(Oc2c(N)c(CC)nn2C)c1. The van der Waals surface area contributed by atoms with Crippen LogP contribution in [0.1, 0.15) is 19.5 Å². The first-order valence-electron chi connectivity index (χ1n) is 6.37. The monoisotopic (exact) mass is 261 g/mol. The number of aryl methyl sites for hydroxylation is 2. The van der Waals surface area contributed by atoms with Crippen LogP contribution in [0.25, 0.3) is 0 Å². The van der Waals surface area contributed by atoms with Crippen LogP contribution in [-0.4, -0.2) is 16.4 Å². The van der Waals surface area contributed by atoms with Gasteiger partial charge < -0.3 is 15.2 Å². The molecule has 2 aromatic rings. The Morgan fingerprint density at radius 2 is 2.00 bits per heavy atom. The highest BCUT2D eigenvalue weighted by Crippen LogP contribution is 2.31. The molecular formula is C14H19N3O2. The van der Waals surface area contributed by atoms with Gasteiger partial charge in [-0.05, 0) is 25.5 Å². The number of nitrogen functional groups attached to an aromatic ring is 1. The van der Waals surface area contributed by atoms with Gasteiger partial charge in [0.1, 0.15) is 17.2 Å². The molecule has 0 aliphatic heterocycles. The van der Waals surface area contributed by atoms with Gasteiger partial charge in [-0.25, -0.2) is 4.68 Å². The number of nitrogens with zero attached hydrogens (tertiary/aromatic N) is 2. The molecule has 0 aliphatic carbocycles. The summed E-state index contributed by atoms with van der Waals surface area (Å²) in [4.78, 5) is 0. The Balaban J connectivity index is 2.26. The summed E-state index contributed by atoms with van der Waals surface area (Å²) in [7, 11) is 1.82. The highest BCUT2D eigenvalue weighted by atomic mass is 16.5. The van der Waals surface area contributed by atoms with E-state index in [4.69, 9.17) is 15.2 Å². The van der Waals surface area contributed by atoms with Gasteiger partial charge in [0.2, 0.25) is 5.88 Å². The maximum absolute atomic E-state index is 6.02. The van der Waals surface area contributed by atoms with Gasteiger partial charge in [0.05, 0.1) is 12.3 Å². The Bertz CT molecular complexity index is 564. The predicted octanol–water partition coefficient (Wildman–Crippen LogP) is 2.76. The molecule has 0 atom stereocenters. The quantitative estimate of drug-likeness (QED) is 0.899. The van der Waals surface area contributed by atoms with Gasteiger partial charge in [-0.3, -0.25) is 0 Å². The Morgan fingerprint density at radius 3 is 2.63 bits per heavy atom. The lowest BCUT2D eigenvalue weighted by Gasteiger charge is -2.08. The molecule has 0 radical (unpaired) electrons. The van der Waals surface area contributed by atoms with Crippen molar-refractivity contribution in [3.05, 3.63) is 30.0 Å². The first-order chi connectivity index (χ1) is 9.15. The van der Waals surface area contributed by atoms with Crippen LogP contribution in [-0.2, 0) is 13.5 Å². The number of hydrogen-bond acceptors (Lipinski definition) is 4. The fourth-order valence-corrected chi connectivity index (χ4v) is 1.87. The Labute approximate surface area is 112 Å². The standard InChI is InChI=1S/C14H19N3O2/c1-4-12-13(15)14(17(3)16-12)19-11-8-6-7-10(9-11)18-5-2/h6-9H,4-5,15H2,1-3H3. The van der Waals surface area contributed by atoms with Crippen LogP contribution in [0.5, 0.6) is 17.4 Å². The van der Waals surface area contributed by atoms with Crippen molar-refractivity contribution in [3.63, 3.8) is 0 Å². The van der Waals surface area contributed by atoms with Gasteiger partial charge in [-0.2, -0.15) is 5.10 Å². The summed E-state index contributed by atoms with van der Waals surface area (Å²) in [5, 5.41) is 4.32. The summed E-state index contributed by atoms with van der Waals surface area (Å²) in [5.74, 6) is 2.02. The van der Waals surface area contributed by atoms with Crippen LogP contribution in [0.15, 0.2) is 24.3 Å². The largest absolute Gasteiger partial charge is 0.494 e. The van der Waals surface area contributed by atoms with Crippen LogP contribution >= 0.6 is 0 Å². The van der Waals surface area contributed by atoms with Crippen LogP contribution in [0.4, 0.5) is 5.69 Å². The molecule has 0 unspecified atom stereocenters. The third-order valence-electron chi connectivity index (χ3n) is 2.77. The number of nitrogens with two attached hydrogens (primary N) is 1. The fraction of sp³-hybridized carbons (Fsp3) is 0.357. The molecule has 0 saturated carbocycles. The number of anilines is 1. The number of aromatic nitrogens is 2. The predicted molar refractivity (Wildman–Crippen MR) is 74.7 cm³/mol. The molecule has 19 heavy (non-hydrogen) atoms. The van der Waals surface area contributed by atoms with Crippen molar-refractivity contribution >= 4 is 5.69 Å². The smallest absolute Gasteiger partial charge is 0.241 e. The molecular weight excluding hydrogens is 242 g/mol. The van der Waals surface area contributed by atoms with Crippen molar-refractivity contribution in [2.75, 3.05) is 12.3 Å². The number of benzene rings is 1. The van der Waals surface area contributed by atoms with E-state index in [2.05, 4.69) is 5.10 Å². The number of ether oxygens (including phenoxy) is 2. The van der Waals surface area contributed by atoms with Crippen LogP contribution in [0.2, 0.25) is 0 Å². The highest BCUT2D eigenvalue weighted by molar-refractivity contribution is 5.54. The minimum absolute atomic E-state index is 0.561. The normalized spacial score (nSPS) is 10.5. The average Bonchev–Trinajstić information content (AvgIpc) is 2.67. The Kier molecular flexibility index (Phi) is 3.94. The van der Waals surface area contributed by atoms with Gasteiger partial charge in [0, 0.05) is 13.1 Å². The zero-order chi connectivity index (χ0) is 13.8. The van der Waals surface area contributed by atoms with E-state index in [1.54, 1.807) is 4.68 Å². The van der Waals surface area contributed by atoms with E-state index < -0.39 is 0 Å². The second-order valence-electron chi connectivity index (χ2n) is 4.15. The summed E-state index contributed by atoms with van der Waals surface area (Å²) in [6.45, 7) is 4.58. The zero-order valence-electron chi connectivity index (χ0n) is 11.5. The molecule has 0 amide bonds. The van der Waals surface area contributed by atoms with E-state index in [0.29, 0.717) is 23.9 Å². The number of rotatable bonds is 5. The maximum atomic E-state index is 6.02. The lowest BCUT2D eigenvalue weighted by molar-refractivity contribution is 0.337. The van der Waals surface area contributed by atoms with Crippen molar-refractivity contribution in [1.29, 1.82) is 0 Å². The molecule has 5 nitrogen and oxygen atoms in total. The Morgan fingerprint density at radius 1 is 1.26 bits per heavy atom. The summed E-state index contributed by atoms with van der Waals surface area (Å²) < 4.78 is 12.9. The molecule has 2 rings (SSSR count). The average molecular weight is 261 g/mol. The van der Waals surface area contributed by atoms with Gasteiger partial charge in [0.15, 0.2) is 0 Å². The fourth-order valence-electron chi connectivity index (χ4n) is 1.87. The Hall–Kier alpha value is -2.17. The molecule has 0 fully saturated rings. The zero-order valence-corrected chi connectivity index (χ0v) is 11.5. The molecule has 2 N–H and O–H groups in total.